The van der Waals surface area contributed by atoms with Gasteiger partial charge in [-0.25, -0.2) is 4.39 Å². The topological polar surface area (TPSA) is 53.4 Å². The number of hydrogen-bond donors (Lipinski definition) is 1. The number of amides is 1. The van der Waals surface area contributed by atoms with Crippen molar-refractivity contribution in [2.24, 2.45) is 5.41 Å². The van der Waals surface area contributed by atoms with E-state index in [9.17, 15) is 14.3 Å². The van der Waals surface area contributed by atoms with Crippen molar-refractivity contribution in [3.63, 3.8) is 0 Å². The minimum atomic E-state index is -0.399. The Labute approximate surface area is 163 Å². The van der Waals surface area contributed by atoms with Crippen molar-refractivity contribution in [2.75, 3.05) is 19.7 Å². The van der Waals surface area contributed by atoms with Gasteiger partial charge in [0.1, 0.15) is 5.82 Å². The molecule has 1 atom stereocenters. The second-order valence-corrected chi connectivity index (χ2v) is 7.70. The number of carbonyl (C=O) groups is 1. The summed E-state index contributed by atoms with van der Waals surface area (Å²) < 4.78 is 13.2. The van der Waals surface area contributed by atoms with Crippen molar-refractivity contribution >= 4 is 16.8 Å². The van der Waals surface area contributed by atoms with Crippen molar-refractivity contribution in [2.45, 2.75) is 19.3 Å². The van der Waals surface area contributed by atoms with Crippen LogP contribution in [-0.4, -0.2) is 40.6 Å². The van der Waals surface area contributed by atoms with Gasteiger partial charge in [0.2, 0.25) is 0 Å². The average molecular weight is 378 g/mol. The van der Waals surface area contributed by atoms with Gasteiger partial charge < -0.3 is 10.0 Å². The fourth-order valence-electron chi connectivity index (χ4n) is 4.14. The first-order chi connectivity index (χ1) is 13.6. The maximum atomic E-state index is 13.2. The molecule has 1 N–H and O–H groups in total. The lowest BCUT2D eigenvalue weighted by molar-refractivity contribution is 0.0272. The minimum absolute atomic E-state index is 0.00417. The average Bonchev–Trinajstić information content (AvgIpc) is 2.74. The lowest BCUT2D eigenvalue weighted by Crippen LogP contribution is -2.49. The quantitative estimate of drug-likeness (QED) is 0.751. The van der Waals surface area contributed by atoms with Crippen molar-refractivity contribution in [3.05, 3.63) is 77.7 Å². The van der Waals surface area contributed by atoms with Crippen LogP contribution in [0, 0.1) is 11.2 Å². The van der Waals surface area contributed by atoms with Gasteiger partial charge >= 0.3 is 0 Å². The van der Waals surface area contributed by atoms with Gasteiger partial charge in [0.15, 0.2) is 0 Å². The molecule has 1 saturated heterocycles. The summed E-state index contributed by atoms with van der Waals surface area (Å²) >= 11 is 0. The van der Waals surface area contributed by atoms with Crippen LogP contribution in [0.25, 0.3) is 10.9 Å². The molecule has 1 aliphatic rings. The third kappa shape index (κ3) is 3.76. The van der Waals surface area contributed by atoms with Gasteiger partial charge in [-0.2, -0.15) is 0 Å². The van der Waals surface area contributed by atoms with Gasteiger partial charge in [0.05, 0.1) is 12.1 Å². The number of piperidine rings is 1. The molecule has 0 aliphatic carbocycles. The Morgan fingerprint density at radius 3 is 2.79 bits per heavy atom. The third-order valence-electron chi connectivity index (χ3n) is 5.63. The van der Waals surface area contributed by atoms with Gasteiger partial charge in [0, 0.05) is 35.7 Å². The van der Waals surface area contributed by atoms with E-state index in [0.717, 1.165) is 29.3 Å². The number of aromatic nitrogens is 1. The van der Waals surface area contributed by atoms with E-state index in [0.29, 0.717) is 25.1 Å². The van der Waals surface area contributed by atoms with Crippen molar-refractivity contribution in [3.8, 4) is 0 Å². The summed E-state index contributed by atoms with van der Waals surface area (Å²) in [5.74, 6) is -0.296. The van der Waals surface area contributed by atoms with Gasteiger partial charge in [-0.05, 0) is 61.2 Å². The second kappa shape index (κ2) is 7.68. The summed E-state index contributed by atoms with van der Waals surface area (Å²) in [7, 11) is 0. The van der Waals surface area contributed by atoms with Gasteiger partial charge in [-0.15, -0.1) is 0 Å². The number of fused-ring (bicyclic) bond motifs is 1. The highest BCUT2D eigenvalue weighted by Gasteiger charge is 2.37. The van der Waals surface area contributed by atoms with Crippen LogP contribution in [0.4, 0.5) is 4.39 Å². The minimum Gasteiger partial charge on any atom is -0.396 e. The molecule has 1 amide bonds. The van der Waals surface area contributed by atoms with Gasteiger partial charge in [-0.1, -0.05) is 18.2 Å². The Morgan fingerprint density at radius 2 is 2.00 bits per heavy atom. The molecule has 144 valence electrons. The first-order valence-electron chi connectivity index (χ1n) is 9.58. The smallest absolute Gasteiger partial charge is 0.253 e. The molecule has 5 heteroatoms. The zero-order chi connectivity index (χ0) is 19.6. The summed E-state index contributed by atoms with van der Waals surface area (Å²) in [6.45, 7) is 1.16. The van der Waals surface area contributed by atoms with Crippen LogP contribution in [0.2, 0.25) is 0 Å². The maximum absolute atomic E-state index is 13.2. The number of halogens is 1. The summed E-state index contributed by atoms with van der Waals surface area (Å²) in [6, 6.07) is 15.7. The van der Waals surface area contributed by atoms with Crippen molar-refractivity contribution in [1.29, 1.82) is 0 Å². The predicted molar refractivity (Wildman–Crippen MR) is 107 cm³/mol. The molecule has 0 saturated carbocycles. The standard InChI is InChI=1S/C23H23FN2O2/c24-20-7-4-17(5-8-20)14-23(16-27)10-2-12-26(15-23)22(28)19-6-9-21-18(13-19)3-1-11-25-21/h1,3-9,11,13,27H,2,10,12,14-16H2. The van der Waals surface area contributed by atoms with Crippen LogP contribution in [-0.2, 0) is 6.42 Å². The SMILES string of the molecule is O=C(c1ccc2ncccc2c1)N1CCCC(CO)(Cc2ccc(F)cc2)C1. The molecule has 0 radical (unpaired) electrons. The Bertz CT molecular complexity index is 989. The lowest BCUT2D eigenvalue weighted by atomic mass is 9.75. The Kier molecular flexibility index (Phi) is 5.09. The summed E-state index contributed by atoms with van der Waals surface area (Å²) in [4.78, 5) is 19.3. The highest BCUT2D eigenvalue weighted by atomic mass is 19.1. The molecular formula is C23H23FN2O2. The van der Waals surface area contributed by atoms with Gasteiger partial charge in [-0.3, -0.25) is 9.78 Å². The Hall–Kier alpha value is -2.79. The Morgan fingerprint density at radius 1 is 1.18 bits per heavy atom. The van der Waals surface area contributed by atoms with Crippen LogP contribution in [0.15, 0.2) is 60.8 Å². The highest BCUT2D eigenvalue weighted by molar-refractivity contribution is 5.98. The molecule has 0 spiro atoms. The van der Waals surface area contributed by atoms with Crippen molar-refractivity contribution in [1.82, 2.24) is 9.88 Å². The molecule has 1 unspecified atom stereocenters. The number of benzene rings is 2. The first-order valence-corrected chi connectivity index (χ1v) is 9.58. The van der Waals surface area contributed by atoms with E-state index >= 15 is 0 Å². The number of hydrogen-bond acceptors (Lipinski definition) is 3. The highest BCUT2D eigenvalue weighted by Crippen LogP contribution is 2.34. The molecular weight excluding hydrogens is 355 g/mol. The molecule has 0 bridgehead atoms. The molecule has 4 rings (SSSR count). The monoisotopic (exact) mass is 378 g/mol. The van der Waals surface area contributed by atoms with E-state index in [2.05, 4.69) is 4.98 Å². The lowest BCUT2D eigenvalue weighted by Gasteiger charge is -2.42. The van der Waals surface area contributed by atoms with Crippen LogP contribution in [0.5, 0.6) is 0 Å². The van der Waals surface area contributed by atoms with E-state index in [-0.39, 0.29) is 18.3 Å². The van der Waals surface area contributed by atoms with Crippen LogP contribution in [0.1, 0.15) is 28.8 Å². The summed E-state index contributed by atoms with van der Waals surface area (Å²) in [5, 5.41) is 11.1. The molecule has 1 aromatic heterocycles. The van der Waals surface area contributed by atoms with E-state index < -0.39 is 5.41 Å². The predicted octanol–water partition coefficient (Wildman–Crippen LogP) is 3.83. The van der Waals surface area contributed by atoms with E-state index in [1.165, 1.54) is 12.1 Å². The first kappa shape index (κ1) is 18.6. The summed E-state index contributed by atoms with van der Waals surface area (Å²) in [6.07, 6.45) is 4.03. The molecule has 28 heavy (non-hydrogen) atoms. The molecule has 3 aromatic rings. The number of carbonyl (C=O) groups excluding carboxylic acids is 1. The molecule has 4 nitrogen and oxygen atoms in total. The molecule has 1 aliphatic heterocycles. The zero-order valence-corrected chi connectivity index (χ0v) is 15.6. The number of aliphatic hydroxyl groups excluding tert-OH is 1. The van der Waals surface area contributed by atoms with E-state index in [1.54, 1.807) is 18.3 Å². The molecule has 2 heterocycles. The third-order valence-corrected chi connectivity index (χ3v) is 5.63. The maximum Gasteiger partial charge on any atom is 0.253 e. The number of aliphatic hydroxyl groups is 1. The number of pyridine rings is 1. The number of nitrogens with zero attached hydrogens (tertiary/aromatic N) is 2. The van der Waals surface area contributed by atoms with Crippen LogP contribution < -0.4 is 0 Å². The zero-order valence-electron chi connectivity index (χ0n) is 15.6. The second-order valence-electron chi connectivity index (χ2n) is 7.70. The van der Waals surface area contributed by atoms with Crippen LogP contribution >= 0.6 is 0 Å². The fraction of sp³-hybridized carbons (Fsp3) is 0.304. The number of rotatable bonds is 4. The fourth-order valence-corrected chi connectivity index (χ4v) is 4.14. The summed E-state index contributed by atoms with van der Waals surface area (Å²) in [5.41, 5.74) is 2.07. The largest absolute Gasteiger partial charge is 0.396 e. The van der Waals surface area contributed by atoms with Crippen LogP contribution in [0.3, 0.4) is 0 Å². The van der Waals surface area contributed by atoms with E-state index in [4.69, 9.17) is 0 Å². The molecule has 1 fully saturated rings. The molecule has 2 aromatic carbocycles. The Balaban J connectivity index is 1.55. The van der Waals surface area contributed by atoms with Gasteiger partial charge in [0.25, 0.3) is 5.91 Å². The van der Waals surface area contributed by atoms with E-state index in [1.807, 2.05) is 35.2 Å². The number of likely N-dealkylation sites (tertiary alicyclic amines) is 1. The normalized spacial score (nSPS) is 19.7. The van der Waals surface area contributed by atoms with Crippen molar-refractivity contribution < 1.29 is 14.3 Å².